The van der Waals surface area contributed by atoms with Crippen LogP contribution in [-0.2, 0) is 0 Å². The molecule has 0 bridgehead atoms. The van der Waals surface area contributed by atoms with E-state index in [0.29, 0.717) is 5.92 Å². The lowest BCUT2D eigenvalue weighted by Gasteiger charge is -2.31. The van der Waals surface area contributed by atoms with Gasteiger partial charge in [-0.15, -0.1) is 0 Å². The molecule has 1 atom stereocenters. The Hall–Kier alpha value is -0.860. The van der Waals surface area contributed by atoms with Gasteiger partial charge in [-0.2, -0.15) is 0 Å². The highest BCUT2D eigenvalue weighted by molar-refractivity contribution is 5.31. The summed E-state index contributed by atoms with van der Waals surface area (Å²) in [6.07, 6.45) is -0.296. The van der Waals surface area contributed by atoms with Crippen LogP contribution >= 0.6 is 0 Å². The summed E-state index contributed by atoms with van der Waals surface area (Å²) >= 11 is 0. The highest BCUT2D eigenvalue weighted by atomic mass is 16.3. The zero-order valence-corrected chi connectivity index (χ0v) is 8.75. The largest absolute Gasteiger partial charge is 0.388 e. The maximum absolute atomic E-state index is 10.0. The molecule has 0 spiro atoms. The predicted molar refractivity (Wildman–Crippen MR) is 57.2 cm³/mol. The third-order valence-corrected chi connectivity index (χ3v) is 3.13. The van der Waals surface area contributed by atoms with Crippen LogP contribution in [0.15, 0.2) is 18.2 Å². The Kier molecular flexibility index (Phi) is 2.57. The summed E-state index contributed by atoms with van der Waals surface area (Å²) in [4.78, 5) is 0. The SMILES string of the molecule is Cc1ccc(C(O)C2CNC2)cc1C. The number of aryl methyl sites for hydroxylation is 2. The van der Waals surface area contributed by atoms with E-state index in [-0.39, 0.29) is 6.10 Å². The first kappa shape index (κ1) is 9.69. The van der Waals surface area contributed by atoms with Gasteiger partial charge in [0.1, 0.15) is 0 Å². The molecule has 2 rings (SSSR count). The summed E-state index contributed by atoms with van der Waals surface area (Å²) in [5.41, 5.74) is 3.60. The summed E-state index contributed by atoms with van der Waals surface area (Å²) < 4.78 is 0. The van der Waals surface area contributed by atoms with Crippen LogP contribution in [0.5, 0.6) is 0 Å². The lowest BCUT2D eigenvalue weighted by Crippen LogP contribution is -2.45. The van der Waals surface area contributed by atoms with Gasteiger partial charge in [-0.3, -0.25) is 0 Å². The number of aliphatic hydroxyl groups is 1. The maximum atomic E-state index is 10.0. The fourth-order valence-corrected chi connectivity index (χ4v) is 1.76. The second-order valence-corrected chi connectivity index (χ2v) is 4.21. The number of aliphatic hydroxyl groups excluding tert-OH is 1. The molecule has 1 aromatic rings. The van der Waals surface area contributed by atoms with Crippen molar-refractivity contribution in [3.05, 3.63) is 34.9 Å². The second-order valence-electron chi connectivity index (χ2n) is 4.21. The molecule has 0 aromatic heterocycles. The predicted octanol–water partition coefficient (Wildman–Crippen LogP) is 1.56. The van der Waals surface area contributed by atoms with E-state index in [1.54, 1.807) is 0 Å². The smallest absolute Gasteiger partial charge is 0.0842 e. The zero-order valence-electron chi connectivity index (χ0n) is 8.75. The Labute approximate surface area is 85.0 Å². The van der Waals surface area contributed by atoms with Crippen molar-refractivity contribution >= 4 is 0 Å². The monoisotopic (exact) mass is 191 g/mol. The highest BCUT2D eigenvalue weighted by Gasteiger charge is 2.26. The van der Waals surface area contributed by atoms with Crippen LogP contribution in [0, 0.1) is 19.8 Å². The normalized spacial score (nSPS) is 19.1. The Balaban J connectivity index is 2.18. The van der Waals surface area contributed by atoms with Crippen LogP contribution in [0.25, 0.3) is 0 Å². The number of benzene rings is 1. The minimum absolute atomic E-state index is 0.296. The fraction of sp³-hybridized carbons (Fsp3) is 0.500. The maximum Gasteiger partial charge on any atom is 0.0842 e. The van der Waals surface area contributed by atoms with Crippen LogP contribution in [0.1, 0.15) is 22.8 Å². The van der Waals surface area contributed by atoms with Gasteiger partial charge in [0.05, 0.1) is 6.10 Å². The third-order valence-electron chi connectivity index (χ3n) is 3.13. The zero-order chi connectivity index (χ0) is 10.1. The summed E-state index contributed by atoms with van der Waals surface area (Å²) in [6.45, 7) is 6.06. The van der Waals surface area contributed by atoms with Crippen molar-refractivity contribution in [2.24, 2.45) is 5.92 Å². The van der Waals surface area contributed by atoms with Gasteiger partial charge in [0.25, 0.3) is 0 Å². The molecule has 2 heteroatoms. The summed E-state index contributed by atoms with van der Waals surface area (Å²) in [7, 11) is 0. The van der Waals surface area contributed by atoms with Crippen molar-refractivity contribution < 1.29 is 5.11 Å². The second kappa shape index (κ2) is 3.71. The Morgan fingerprint density at radius 2 is 2.00 bits per heavy atom. The standard InChI is InChI=1S/C12H17NO/c1-8-3-4-10(5-9(8)2)12(14)11-6-13-7-11/h3-5,11-14H,6-7H2,1-2H3. The molecule has 0 saturated carbocycles. The summed E-state index contributed by atoms with van der Waals surface area (Å²) in [5, 5.41) is 13.2. The van der Waals surface area contributed by atoms with Gasteiger partial charge < -0.3 is 10.4 Å². The lowest BCUT2D eigenvalue weighted by atomic mass is 9.90. The van der Waals surface area contributed by atoms with Crippen LogP contribution in [0.3, 0.4) is 0 Å². The quantitative estimate of drug-likeness (QED) is 0.743. The van der Waals surface area contributed by atoms with E-state index in [4.69, 9.17) is 0 Å². The van der Waals surface area contributed by atoms with Gasteiger partial charge in [-0.05, 0) is 30.5 Å². The average Bonchev–Trinajstić information content (AvgIpc) is 2.06. The van der Waals surface area contributed by atoms with Crippen molar-refractivity contribution in [2.45, 2.75) is 20.0 Å². The van der Waals surface area contributed by atoms with Crippen LogP contribution in [-0.4, -0.2) is 18.2 Å². The van der Waals surface area contributed by atoms with Crippen LogP contribution < -0.4 is 5.32 Å². The Morgan fingerprint density at radius 1 is 1.29 bits per heavy atom. The van der Waals surface area contributed by atoms with Gasteiger partial charge in [-0.1, -0.05) is 18.2 Å². The molecular formula is C12H17NO. The van der Waals surface area contributed by atoms with E-state index in [9.17, 15) is 5.11 Å². The molecular weight excluding hydrogens is 174 g/mol. The van der Waals surface area contributed by atoms with Gasteiger partial charge in [-0.25, -0.2) is 0 Å². The molecule has 1 aliphatic heterocycles. The lowest BCUT2D eigenvalue weighted by molar-refractivity contribution is 0.0767. The van der Waals surface area contributed by atoms with Gasteiger partial charge in [0.2, 0.25) is 0 Å². The molecule has 76 valence electrons. The van der Waals surface area contributed by atoms with E-state index in [2.05, 4.69) is 31.3 Å². The van der Waals surface area contributed by atoms with Crippen molar-refractivity contribution in [3.8, 4) is 0 Å². The molecule has 1 fully saturated rings. The van der Waals surface area contributed by atoms with Gasteiger partial charge in [0.15, 0.2) is 0 Å². The number of nitrogens with one attached hydrogen (secondary N) is 1. The molecule has 0 radical (unpaired) electrons. The third kappa shape index (κ3) is 1.68. The summed E-state index contributed by atoms with van der Waals surface area (Å²) in [5.74, 6) is 0.400. The van der Waals surface area contributed by atoms with E-state index >= 15 is 0 Å². The molecule has 0 amide bonds. The number of hydrogen-bond donors (Lipinski definition) is 2. The van der Waals surface area contributed by atoms with Crippen molar-refractivity contribution in [3.63, 3.8) is 0 Å². The average molecular weight is 191 g/mol. The van der Waals surface area contributed by atoms with E-state index in [1.807, 2.05) is 6.07 Å². The van der Waals surface area contributed by atoms with Crippen LogP contribution in [0.4, 0.5) is 0 Å². The Bertz CT molecular complexity index is 331. The molecule has 2 nitrogen and oxygen atoms in total. The minimum Gasteiger partial charge on any atom is -0.388 e. The van der Waals surface area contributed by atoms with E-state index in [0.717, 1.165) is 18.7 Å². The molecule has 1 unspecified atom stereocenters. The Morgan fingerprint density at radius 3 is 2.50 bits per heavy atom. The first-order valence-electron chi connectivity index (χ1n) is 5.14. The molecule has 2 N–H and O–H groups in total. The van der Waals surface area contributed by atoms with Gasteiger partial charge in [0, 0.05) is 19.0 Å². The van der Waals surface area contributed by atoms with Crippen molar-refractivity contribution in [2.75, 3.05) is 13.1 Å². The van der Waals surface area contributed by atoms with E-state index in [1.165, 1.54) is 11.1 Å². The van der Waals surface area contributed by atoms with Crippen molar-refractivity contribution in [1.82, 2.24) is 5.32 Å². The molecule has 14 heavy (non-hydrogen) atoms. The molecule has 0 aliphatic carbocycles. The molecule has 1 saturated heterocycles. The molecule has 1 aromatic carbocycles. The topological polar surface area (TPSA) is 32.3 Å². The number of hydrogen-bond acceptors (Lipinski definition) is 2. The first-order chi connectivity index (χ1) is 6.68. The highest BCUT2D eigenvalue weighted by Crippen LogP contribution is 2.26. The molecule has 1 aliphatic rings. The summed E-state index contributed by atoms with van der Waals surface area (Å²) in [6, 6.07) is 6.21. The first-order valence-corrected chi connectivity index (χ1v) is 5.14. The fourth-order valence-electron chi connectivity index (χ4n) is 1.76. The van der Waals surface area contributed by atoms with Crippen molar-refractivity contribution in [1.29, 1.82) is 0 Å². The minimum atomic E-state index is -0.296. The van der Waals surface area contributed by atoms with E-state index < -0.39 is 0 Å². The van der Waals surface area contributed by atoms with Crippen LogP contribution in [0.2, 0.25) is 0 Å². The number of rotatable bonds is 2. The van der Waals surface area contributed by atoms with Gasteiger partial charge >= 0.3 is 0 Å². The molecule has 1 heterocycles.